The summed E-state index contributed by atoms with van der Waals surface area (Å²) in [6, 6.07) is 0. The van der Waals surface area contributed by atoms with E-state index >= 15 is 0 Å². The van der Waals surface area contributed by atoms with Crippen LogP contribution in [0, 0.1) is 6.92 Å². The third-order valence-electron chi connectivity index (χ3n) is 1.17. The highest BCUT2D eigenvalue weighted by Crippen LogP contribution is 2.11. The fourth-order valence-electron chi connectivity index (χ4n) is 0.667. The molecule has 2 nitrogen and oxygen atoms in total. The SMILES string of the molecule is C/C(C=O)=C\c1nc(C)cs1. The second-order valence-corrected chi connectivity index (χ2v) is 3.22. The van der Waals surface area contributed by atoms with E-state index in [0.717, 1.165) is 17.0 Å². The maximum atomic E-state index is 10.2. The Morgan fingerprint density at radius 2 is 2.45 bits per heavy atom. The van der Waals surface area contributed by atoms with E-state index in [0.29, 0.717) is 5.57 Å². The minimum Gasteiger partial charge on any atom is -0.298 e. The molecule has 0 N–H and O–H groups in total. The molecule has 1 heterocycles. The molecule has 0 unspecified atom stereocenters. The molecular weight excluding hydrogens is 158 g/mol. The Morgan fingerprint density at radius 1 is 1.73 bits per heavy atom. The molecule has 0 saturated heterocycles. The van der Waals surface area contributed by atoms with E-state index in [1.165, 1.54) is 0 Å². The number of carbonyl (C=O) groups is 1. The van der Waals surface area contributed by atoms with Crippen LogP contribution >= 0.6 is 11.3 Å². The van der Waals surface area contributed by atoms with Crippen molar-refractivity contribution in [3.63, 3.8) is 0 Å². The molecule has 0 aliphatic heterocycles. The van der Waals surface area contributed by atoms with Crippen molar-refractivity contribution in [3.8, 4) is 0 Å². The lowest BCUT2D eigenvalue weighted by Crippen LogP contribution is -1.76. The summed E-state index contributed by atoms with van der Waals surface area (Å²) in [6.45, 7) is 3.70. The largest absolute Gasteiger partial charge is 0.298 e. The third-order valence-corrected chi connectivity index (χ3v) is 2.08. The Hall–Kier alpha value is -0.960. The fraction of sp³-hybridized carbons (Fsp3) is 0.250. The summed E-state index contributed by atoms with van der Waals surface area (Å²) in [6.07, 6.45) is 2.61. The molecule has 0 spiro atoms. The van der Waals surface area contributed by atoms with Gasteiger partial charge in [-0.2, -0.15) is 0 Å². The maximum absolute atomic E-state index is 10.2. The predicted octanol–water partition coefficient (Wildman–Crippen LogP) is 2.05. The van der Waals surface area contributed by atoms with Gasteiger partial charge < -0.3 is 0 Å². The number of hydrogen-bond donors (Lipinski definition) is 0. The van der Waals surface area contributed by atoms with Crippen LogP contribution in [0.5, 0.6) is 0 Å². The molecule has 0 aromatic carbocycles. The van der Waals surface area contributed by atoms with Crippen molar-refractivity contribution < 1.29 is 4.79 Å². The van der Waals surface area contributed by atoms with Crippen molar-refractivity contribution in [1.29, 1.82) is 0 Å². The van der Waals surface area contributed by atoms with Crippen LogP contribution in [0.1, 0.15) is 17.6 Å². The summed E-state index contributed by atoms with van der Waals surface area (Å²) in [5, 5.41) is 2.86. The van der Waals surface area contributed by atoms with E-state index in [1.807, 2.05) is 12.3 Å². The lowest BCUT2D eigenvalue weighted by atomic mass is 10.3. The van der Waals surface area contributed by atoms with Crippen LogP contribution in [0.2, 0.25) is 0 Å². The van der Waals surface area contributed by atoms with Gasteiger partial charge in [0.2, 0.25) is 0 Å². The van der Waals surface area contributed by atoms with Crippen molar-refractivity contribution in [2.45, 2.75) is 13.8 Å². The highest BCUT2D eigenvalue weighted by Gasteiger charge is 1.93. The number of allylic oxidation sites excluding steroid dienone is 1. The number of aromatic nitrogens is 1. The molecule has 0 aliphatic rings. The zero-order valence-electron chi connectivity index (χ0n) is 6.50. The summed E-state index contributed by atoms with van der Waals surface area (Å²) < 4.78 is 0. The molecule has 0 atom stereocenters. The molecule has 0 amide bonds. The van der Waals surface area contributed by atoms with Crippen molar-refractivity contribution in [2.24, 2.45) is 0 Å². The van der Waals surface area contributed by atoms with E-state index in [2.05, 4.69) is 4.98 Å². The maximum Gasteiger partial charge on any atom is 0.145 e. The lowest BCUT2D eigenvalue weighted by Gasteiger charge is -1.83. The second-order valence-electron chi connectivity index (χ2n) is 2.33. The van der Waals surface area contributed by atoms with Gasteiger partial charge in [0.25, 0.3) is 0 Å². The lowest BCUT2D eigenvalue weighted by molar-refractivity contribution is -0.104. The van der Waals surface area contributed by atoms with Crippen molar-refractivity contribution in [2.75, 3.05) is 0 Å². The topological polar surface area (TPSA) is 30.0 Å². The summed E-state index contributed by atoms with van der Waals surface area (Å²) in [7, 11) is 0. The Bertz CT molecular complexity index is 288. The molecule has 0 radical (unpaired) electrons. The van der Waals surface area contributed by atoms with Gasteiger partial charge in [-0.15, -0.1) is 11.3 Å². The van der Waals surface area contributed by atoms with Crippen LogP contribution in [-0.4, -0.2) is 11.3 Å². The van der Waals surface area contributed by atoms with Gasteiger partial charge >= 0.3 is 0 Å². The van der Waals surface area contributed by atoms with Crippen LogP contribution in [0.15, 0.2) is 11.0 Å². The first-order chi connectivity index (χ1) is 5.22. The first-order valence-corrected chi connectivity index (χ1v) is 4.16. The molecular formula is C8H9NOS. The van der Waals surface area contributed by atoms with Crippen LogP contribution in [0.25, 0.3) is 6.08 Å². The fourth-order valence-corrected chi connectivity index (χ4v) is 1.46. The number of hydrogen-bond acceptors (Lipinski definition) is 3. The number of aldehydes is 1. The van der Waals surface area contributed by atoms with E-state index in [4.69, 9.17) is 0 Å². The van der Waals surface area contributed by atoms with Crippen LogP contribution in [0.4, 0.5) is 0 Å². The van der Waals surface area contributed by atoms with Gasteiger partial charge in [0.1, 0.15) is 11.3 Å². The van der Waals surface area contributed by atoms with Gasteiger partial charge in [-0.1, -0.05) is 0 Å². The highest BCUT2D eigenvalue weighted by atomic mass is 32.1. The quantitative estimate of drug-likeness (QED) is 0.498. The standard InChI is InChI=1S/C8H9NOS/c1-6(4-10)3-8-9-7(2)5-11-8/h3-5H,1-2H3/b6-3+. The summed E-state index contributed by atoms with van der Waals surface area (Å²) in [4.78, 5) is 14.4. The van der Waals surface area contributed by atoms with Gasteiger partial charge in [-0.05, 0) is 25.5 Å². The van der Waals surface area contributed by atoms with E-state index in [-0.39, 0.29) is 0 Å². The van der Waals surface area contributed by atoms with Crippen molar-refractivity contribution in [1.82, 2.24) is 4.98 Å². The van der Waals surface area contributed by atoms with Gasteiger partial charge in [0.05, 0.1) is 0 Å². The van der Waals surface area contributed by atoms with Crippen LogP contribution in [-0.2, 0) is 4.79 Å². The van der Waals surface area contributed by atoms with Crippen LogP contribution in [0.3, 0.4) is 0 Å². The molecule has 1 rings (SSSR count). The average molecular weight is 167 g/mol. The van der Waals surface area contributed by atoms with Gasteiger partial charge in [0, 0.05) is 11.1 Å². The number of rotatable bonds is 2. The monoisotopic (exact) mass is 167 g/mol. The molecule has 0 aliphatic carbocycles. The summed E-state index contributed by atoms with van der Waals surface area (Å²) in [5.74, 6) is 0. The average Bonchev–Trinajstić information content (AvgIpc) is 2.35. The molecule has 1 aromatic heterocycles. The molecule has 58 valence electrons. The highest BCUT2D eigenvalue weighted by molar-refractivity contribution is 7.10. The molecule has 0 saturated carbocycles. The Kier molecular flexibility index (Phi) is 2.54. The van der Waals surface area contributed by atoms with Gasteiger partial charge in [0.15, 0.2) is 0 Å². The van der Waals surface area contributed by atoms with Crippen molar-refractivity contribution in [3.05, 3.63) is 21.7 Å². The second kappa shape index (κ2) is 3.44. The van der Waals surface area contributed by atoms with Crippen molar-refractivity contribution >= 4 is 23.7 Å². The Balaban J connectivity index is 2.86. The number of carbonyl (C=O) groups excluding carboxylic acids is 1. The minimum absolute atomic E-state index is 0.708. The molecule has 1 aromatic rings. The van der Waals surface area contributed by atoms with E-state index in [9.17, 15) is 4.79 Å². The number of aryl methyl sites for hydroxylation is 1. The minimum atomic E-state index is 0.708. The zero-order valence-corrected chi connectivity index (χ0v) is 7.31. The van der Waals surface area contributed by atoms with E-state index in [1.54, 1.807) is 24.3 Å². The van der Waals surface area contributed by atoms with Crippen LogP contribution < -0.4 is 0 Å². The van der Waals surface area contributed by atoms with Gasteiger partial charge in [-0.25, -0.2) is 4.98 Å². The Labute approximate surface area is 69.6 Å². The number of thiazole rings is 1. The number of nitrogens with zero attached hydrogens (tertiary/aromatic N) is 1. The summed E-state index contributed by atoms with van der Waals surface area (Å²) >= 11 is 1.55. The smallest absolute Gasteiger partial charge is 0.145 e. The van der Waals surface area contributed by atoms with E-state index < -0.39 is 0 Å². The molecule has 11 heavy (non-hydrogen) atoms. The third kappa shape index (κ3) is 2.27. The summed E-state index contributed by atoms with van der Waals surface area (Å²) in [5.41, 5.74) is 1.71. The Morgan fingerprint density at radius 3 is 2.91 bits per heavy atom. The van der Waals surface area contributed by atoms with Gasteiger partial charge in [-0.3, -0.25) is 4.79 Å². The normalized spacial score (nSPS) is 11.6. The molecule has 3 heteroatoms. The molecule has 0 bridgehead atoms. The predicted molar refractivity (Wildman–Crippen MR) is 46.6 cm³/mol. The first kappa shape index (κ1) is 8.14. The zero-order chi connectivity index (χ0) is 8.27. The molecule has 0 fully saturated rings. The first-order valence-electron chi connectivity index (χ1n) is 3.28.